The van der Waals surface area contributed by atoms with E-state index in [9.17, 15) is 23.1 Å². The van der Waals surface area contributed by atoms with Crippen molar-refractivity contribution >= 4 is 6.03 Å². The summed E-state index contributed by atoms with van der Waals surface area (Å²) in [6.07, 6.45) is -1.55. The van der Waals surface area contributed by atoms with Crippen LogP contribution >= 0.6 is 0 Å². The lowest BCUT2D eigenvalue weighted by atomic mass is 9.87. The van der Waals surface area contributed by atoms with Crippen molar-refractivity contribution in [3.05, 3.63) is 0 Å². The van der Waals surface area contributed by atoms with Gasteiger partial charge in [0.05, 0.1) is 0 Å². The molecular formula is C14H23F3N2O2. The molecule has 122 valence electrons. The van der Waals surface area contributed by atoms with E-state index in [2.05, 4.69) is 12.2 Å². The average molecular weight is 308 g/mol. The van der Waals surface area contributed by atoms with Gasteiger partial charge in [-0.1, -0.05) is 6.92 Å². The van der Waals surface area contributed by atoms with E-state index in [0.717, 1.165) is 25.7 Å². The number of aliphatic hydroxyl groups is 1. The van der Waals surface area contributed by atoms with Crippen LogP contribution in [0.3, 0.4) is 0 Å². The molecule has 0 atom stereocenters. The Balaban J connectivity index is 1.81. The lowest BCUT2D eigenvalue weighted by molar-refractivity contribution is -0.271. The number of hydrogen-bond acceptors (Lipinski definition) is 2. The third-order valence-electron chi connectivity index (χ3n) is 4.75. The maximum Gasteiger partial charge on any atom is 0.417 e. The van der Waals surface area contributed by atoms with Gasteiger partial charge < -0.3 is 15.3 Å². The Morgan fingerprint density at radius 1 is 1.19 bits per heavy atom. The minimum atomic E-state index is -4.63. The molecule has 2 fully saturated rings. The molecule has 0 aromatic heterocycles. The highest BCUT2D eigenvalue weighted by Crippen LogP contribution is 2.38. The van der Waals surface area contributed by atoms with Crippen molar-refractivity contribution in [1.82, 2.24) is 10.2 Å². The first-order valence-electron chi connectivity index (χ1n) is 7.56. The number of carbonyl (C=O) groups excluding carboxylic acids is 1. The van der Waals surface area contributed by atoms with Crippen LogP contribution in [-0.4, -0.2) is 46.9 Å². The summed E-state index contributed by atoms with van der Waals surface area (Å²) < 4.78 is 38.1. The van der Waals surface area contributed by atoms with Gasteiger partial charge in [-0.25, -0.2) is 4.79 Å². The number of likely N-dealkylation sites (tertiary alicyclic amines) is 1. The van der Waals surface area contributed by atoms with E-state index in [1.807, 2.05) is 0 Å². The second-order valence-electron chi connectivity index (χ2n) is 6.42. The highest BCUT2D eigenvalue weighted by Gasteiger charge is 2.54. The molecule has 2 amide bonds. The van der Waals surface area contributed by atoms with Crippen molar-refractivity contribution in [1.29, 1.82) is 0 Å². The first-order chi connectivity index (χ1) is 9.71. The topological polar surface area (TPSA) is 52.6 Å². The maximum atomic E-state index is 12.7. The van der Waals surface area contributed by atoms with Crippen molar-refractivity contribution in [2.75, 3.05) is 13.1 Å². The number of alkyl halides is 3. The SMILES string of the molecule is CC1CCC(NC(=O)N2CCC(O)(C(F)(F)F)CC2)CC1. The molecule has 0 aromatic carbocycles. The number of piperidine rings is 1. The third-order valence-corrected chi connectivity index (χ3v) is 4.75. The van der Waals surface area contributed by atoms with Crippen molar-refractivity contribution in [3.8, 4) is 0 Å². The zero-order valence-electron chi connectivity index (χ0n) is 12.2. The van der Waals surface area contributed by atoms with Crippen molar-refractivity contribution < 1.29 is 23.1 Å². The number of nitrogens with one attached hydrogen (secondary N) is 1. The Morgan fingerprint density at radius 2 is 1.71 bits per heavy atom. The molecule has 2 aliphatic rings. The van der Waals surface area contributed by atoms with Gasteiger partial charge in [-0.2, -0.15) is 13.2 Å². The maximum absolute atomic E-state index is 12.7. The molecule has 0 radical (unpaired) electrons. The monoisotopic (exact) mass is 308 g/mol. The van der Waals surface area contributed by atoms with Gasteiger partial charge in [0, 0.05) is 32.0 Å². The van der Waals surface area contributed by atoms with Crippen molar-refractivity contribution in [2.45, 2.75) is 63.3 Å². The van der Waals surface area contributed by atoms with Gasteiger partial charge in [-0.15, -0.1) is 0 Å². The summed E-state index contributed by atoms with van der Waals surface area (Å²) >= 11 is 0. The summed E-state index contributed by atoms with van der Waals surface area (Å²) in [7, 11) is 0. The molecule has 0 unspecified atom stereocenters. The van der Waals surface area contributed by atoms with Crippen molar-refractivity contribution in [3.63, 3.8) is 0 Å². The smallest absolute Gasteiger partial charge is 0.380 e. The van der Waals surface area contributed by atoms with Gasteiger partial charge in [-0.3, -0.25) is 0 Å². The molecule has 0 spiro atoms. The first kappa shape index (κ1) is 16.4. The molecule has 1 aliphatic carbocycles. The first-order valence-corrected chi connectivity index (χ1v) is 7.56. The van der Waals surface area contributed by atoms with Crippen LogP contribution in [0, 0.1) is 5.92 Å². The van der Waals surface area contributed by atoms with Crippen molar-refractivity contribution in [2.24, 2.45) is 5.92 Å². The van der Waals surface area contributed by atoms with Crippen LogP contribution in [0.25, 0.3) is 0 Å². The fourth-order valence-corrected chi connectivity index (χ4v) is 3.03. The number of urea groups is 1. The number of amides is 2. The van der Waals surface area contributed by atoms with Gasteiger partial charge in [0.1, 0.15) is 0 Å². The number of halogens is 3. The highest BCUT2D eigenvalue weighted by atomic mass is 19.4. The molecule has 2 N–H and O–H groups in total. The van der Waals surface area contributed by atoms with E-state index in [-0.39, 0.29) is 25.2 Å². The summed E-state index contributed by atoms with van der Waals surface area (Å²) in [6, 6.07) is -0.184. The summed E-state index contributed by atoms with van der Waals surface area (Å²) in [4.78, 5) is 13.4. The minimum Gasteiger partial charge on any atom is -0.380 e. The molecule has 0 bridgehead atoms. The lowest BCUT2D eigenvalue weighted by Gasteiger charge is -2.39. The number of hydrogen-bond donors (Lipinski definition) is 2. The van der Waals surface area contributed by atoms with Crippen LogP contribution in [0.1, 0.15) is 45.4 Å². The van der Waals surface area contributed by atoms with Crippen LogP contribution in [-0.2, 0) is 0 Å². The molecule has 7 heteroatoms. The summed E-state index contributed by atoms with van der Waals surface area (Å²) in [5, 5.41) is 12.5. The Hall–Kier alpha value is -0.980. The van der Waals surface area contributed by atoms with Crippen LogP contribution in [0.5, 0.6) is 0 Å². The van der Waals surface area contributed by atoms with Crippen LogP contribution in [0.4, 0.5) is 18.0 Å². The Bertz CT molecular complexity index is 371. The molecule has 1 heterocycles. The largest absolute Gasteiger partial charge is 0.417 e. The van der Waals surface area contributed by atoms with Gasteiger partial charge in [0.15, 0.2) is 5.60 Å². The lowest BCUT2D eigenvalue weighted by Crippen LogP contribution is -2.56. The van der Waals surface area contributed by atoms with Crippen LogP contribution in [0.15, 0.2) is 0 Å². The van der Waals surface area contributed by atoms with Gasteiger partial charge in [0.25, 0.3) is 0 Å². The van der Waals surface area contributed by atoms with E-state index in [1.54, 1.807) is 0 Å². The Labute approximate surface area is 122 Å². The number of nitrogens with zero attached hydrogens (tertiary/aromatic N) is 1. The standard InChI is InChI=1S/C14H23F3N2O2/c1-10-2-4-11(5-3-10)18-12(20)19-8-6-13(21,7-9-19)14(15,16)17/h10-11,21H,2-9H2,1H3,(H,18,20). The van der Waals surface area contributed by atoms with Gasteiger partial charge in [-0.05, 0) is 31.6 Å². The fraction of sp³-hybridized carbons (Fsp3) is 0.929. The zero-order chi connectivity index (χ0) is 15.7. The molecule has 0 aromatic rings. The fourth-order valence-electron chi connectivity index (χ4n) is 3.03. The van der Waals surface area contributed by atoms with E-state index in [4.69, 9.17) is 0 Å². The Kier molecular flexibility index (Phi) is 4.70. The zero-order valence-corrected chi connectivity index (χ0v) is 12.2. The highest BCUT2D eigenvalue weighted by molar-refractivity contribution is 5.74. The number of carbonyl (C=O) groups is 1. The molecule has 1 saturated heterocycles. The summed E-state index contributed by atoms with van der Waals surface area (Å²) in [6.45, 7) is 2.05. The molecule has 1 saturated carbocycles. The van der Waals surface area contributed by atoms with Crippen LogP contribution < -0.4 is 5.32 Å². The van der Waals surface area contributed by atoms with Gasteiger partial charge in [0.2, 0.25) is 0 Å². The van der Waals surface area contributed by atoms with Gasteiger partial charge >= 0.3 is 12.2 Å². The molecule has 1 aliphatic heterocycles. The summed E-state index contributed by atoms with van der Waals surface area (Å²) in [5.74, 6) is 0.676. The predicted octanol–water partition coefficient (Wildman–Crippen LogP) is 2.66. The molecule has 4 nitrogen and oxygen atoms in total. The molecule has 2 rings (SSSR count). The molecular weight excluding hydrogens is 285 g/mol. The second-order valence-corrected chi connectivity index (χ2v) is 6.42. The average Bonchev–Trinajstić information content (AvgIpc) is 2.41. The minimum absolute atomic E-state index is 0.0645. The van der Waals surface area contributed by atoms with E-state index in [1.165, 1.54) is 4.90 Å². The summed E-state index contributed by atoms with van der Waals surface area (Å²) in [5.41, 5.74) is -2.65. The van der Waals surface area contributed by atoms with E-state index < -0.39 is 24.6 Å². The van der Waals surface area contributed by atoms with Crippen LogP contribution in [0.2, 0.25) is 0 Å². The second kappa shape index (κ2) is 6.02. The van der Waals surface area contributed by atoms with E-state index >= 15 is 0 Å². The predicted molar refractivity (Wildman–Crippen MR) is 71.8 cm³/mol. The van der Waals surface area contributed by atoms with E-state index in [0.29, 0.717) is 5.92 Å². The normalized spacial score (nSPS) is 30.0. The number of rotatable bonds is 1. The quantitative estimate of drug-likeness (QED) is 0.782. The Morgan fingerprint density at radius 3 is 2.19 bits per heavy atom. The third kappa shape index (κ3) is 3.81. The molecule has 21 heavy (non-hydrogen) atoms.